The number of piperidine rings is 1. The fourth-order valence-electron chi connectivity index (χ4n) is 3.28. The summed E-state index contributed by atoms with van der Waals surface area (Å²) in [6.07, 6.45) is 4.82. The molecule has 0 atom stereocenters. The van der Waals surface area contributed by atoms with Crippen LogP contribution in [-0.4, -0.2) is 51.4 Å². The number of amides is 1. The number of halogens is 1. The Kier molecular flexibility index (Phi) is 7.85. The van der Waals surface area contributed by atoms with Crippen molar-refractivity contribution in [2.45, 2.75) is 31.1 Å². The van der Waals surface area contributed by atoms with Crippen LogP contribution in [0.5, 0.6) is 0 Å². The summed E-state index contributed by atoms with van der Waals surface area (Å²) >= 11 is 0. The fourth-order valence-corrected chi connectivity index (χ4v) is 4.75. The van der Waals surface area contributed by atoms with E-state index in [-0.39, 0.29) is 23.2 Å². The summed E-state index contributed by atoms with van der Waals surface area (Å²) in [6, 6.07) is 6.25. The molecular formula is C19H28ClN3O3S. The zero-order chi connectivity index (χ0) is 18.6. The van der Waals surface area contributed by atoms with Crippen molar-refractivity contribution in [1.29, 1.82) is 0 Å². The lowest BCUT2D eigenvalue weighted by Crippen LogP contribution is -2.37. The predicted molar refractivity (Wildman–Crippen MR) is 109 cm³/mol. The maximum Gasteiger partial charge on any atom is 0.251 e. The standard InChI is InChI=1S/C19H27N3O3S.ClH/c1-15-8-12-22(13-9-15)26(24,25)18-4-2-17(3-5-18)19(23)21-14-16-6-10-20-11-7-16;/h2-6,15,20H,7-14H2,1H3,(H,21,23);1H. The third-order valence-electron chi connectivity index (χ3n) is 5.13. The van der Waals surface area contributed by atoms with Crippen LogP contribution in [0.15, 0.2) is 40.8 Å². The zero-order valence-electron chi connectivity index (χ0n) is 15.6. The fraction of sp³-hybridized carbons (Fsp3) is 0.526. The van der Waals surface area contributed by atoms with Gasteiger partial charge in [-0.2, -0.15) is 4.31 Å². The normalized spacial score (nSPS) is 19.1. The first-order valence-corrected chi connectivity index (χ1v) is 10.7. The molecule has 27 heavy (non-hydrogen) atoms. The quantitative estimate of drug-likeness (QED) is 0.725. The summed E-state index contributed by atoms with van der Waals surface area (Å²) in [5.41, 5.74) is 1.70. The third kappa shape index (κ3) is 5.54. The Morgan fingerprint density at radius 3 is 2.48 bits per heavy atom. The highest BCUT2D eigenvalue weighted by Crippen LogP contribution is 2.23. The average molecular weight is 414 g/mol. The van der Waals surface area contributed by atoms with Crippen molar-refractivity contribution in [3.63, 3.8) is 0 Å². The Morgan fingerprint density at radius 2 is 1.89 bits per heavy atom. The Morgan fingerprint density at radius 1 is 1.22 bits per heavy atom. The van der Waals surface area contributed by atoms with Crippen molar-refractivity contribution in [3.05, 3.63) is 41.5 Å². The van der Waals surface area contributed by atoms with Crippen molar-refractivity contribution in [2.75, 3.05) is 32.7 Å². The molecule has 0 aromatic heterocycles. The van der Waals surface area contributed by atoms with Crippen molar-refractivity contribution in [2.24, 2.45) is 5.92 Å². The molecule has 0 aliphatic carbocycles. The van der Waals surface area contributed by atoms with Gasteiger partial charge in [0.1, 0.15) is 0 Å². The van der Waals surface area contributed by atoms with E-state index in [2.05, 4.69) is 23.6 Å². The molecule has 2 aliphatic heterocycles. The first-order chi connectivity index (χ1) is 12.5. The first kappa shape index (κ1) is 21.9. The van der Waals surface area contributed by atoms with Crippen LogP contribution in [0.2, 0.25) is 0 Å². The second-order valence-electron chi connectivity index (χ2n) is 7.11. The Labute approximate surface area is 167 Å². The maximum absolute atomic E-state index is 12.7. The van der Waals surface area contributed by atoms with Crippen LogP contribution in [0.25, 0.3) is 0 Å². The third-order valence-corrected chi connectivity index (χ3v) is 7.04. The van der Waals surface area contributed by atoms with Gasteiger partial charge in [-0.25, -0.2) is 8.42 Å². The monoisotopic (exact) mass is 413 g/mol. The largest absolute Gasteiger partial charge is 0.348 e. The van der Waals surface area contributed by atoms with Gasteiger partial charge in [-0.3, -0.25) is 4.79 Å². The molecule has 1 amide bonds. The number of nitrogens with zero attached hydrogens (tertiary/aromatic N) is 1. The molecule has 6 nitrogen and oxygen atoms in total. The number of hydrogen-bond acceptors (Lipinski definition) is 4. The molecule has 150 valence electrons. The summed E-state index contributed by atoms with van der Waals surface area (Å²) in [5.74, 6) is 0.391. The summed E-state index contributed by atoms with van der Waals surface area (Å²) in [5, 5.41) is 6.13. The molecule has 1 aromatic rings. The van der Waals surface area contributed by atoms with Crippen LogP contribution in [0.4, 0.5) is 0 Å². The lowest BCUT2D eigenvalue weighted by atomic mass is 10.0. The van der Waals surface area contributed by atoms with Crippen molar-refractivity contribution in [1.82, 2.24) is 14.9 Å². The SMILES string of the molecule is CC1CCN(S(=O)(=O)c2ccc(C(=O)NCC3=CCNCC3)cc2)CC1.Cl. The molecule has 2 heterocycles. The van der Waals surface area contributed by atoms with Gasteiger partial charge >= 0.3 is 0 Å². The van der Waals surface area contributed by atoms with Crippen molar-refractivity contribution in [3.8, 4) is 0 Å². The molecule has 8 heteroatoms. The van der Waals surface area contributed by atoms with E-state index in [1.54, 1.807) is 16.4 Å². The highest BCUT2D eigenvalue weighted by atomic mass is 35.5. The molecular weight excluding hydrogens is 386 g/mol. The van der Waals surface area contributed by atoms with Crippen molar-refractivity contribution >= 4 is 28.3 Å². The topological polar surface area (TPSA) is 78.5 Å². The van der Waals surface area contributed by atoms with E-state index in [0.29, 0.717) is 31.1 Å². The number of carbonyl (C=O) groups excluding carboxylic acids is 1. The molecule has 0 saturated carbocycles. The van der Waals surface area contributed by atoms with Gasteiger partial charge < -0.3 is 10.6 Å². The van der Waals surface area contributed by atoms with Crippen LogP contribution < -0.4 is 10.6 Å². The molecule has 3 rings (SSSR count). The van der Waals surface area contributed by atoms with Crippen LogP contribution in [-0.2, 0) is 10.0 Å². The second-order valence-corrected chi connectivity index (χ2v) is 9.05. The van der Waals surface area contributed by atoms with Gasteiger partial charge in [0.25, 0.3) is 5.91 Å². The van der Waals surface area contributed by atoms with Gasteiger partial charge in [0.2, 0.25) is 10.0 Å². The van der Waals surface area contributed by atoms with Gasteiger partial charge in [-0.15, -0.1) is 12.4 Å². The number of hydrogen-bond donors (Lipinski definition) is 2. The second kappa shape index (κ2) is 9.68. The molecule has 0 unspecified atom stereocenters. The van der Waals surface area contributed by atoms with E-state index in [9.17, 15) is 13.2 Å². The van der Waals surface area contributed by atoms with Crippen LogP contribution in [0.3, 0.4) is 0 Å². The Bertz CT molecular complexity index is 770. The minimum atomic E-state index is -3.47. The smallest absolute Gasteiger partial charge is 0.251 e. The van der Waals surface area contributed by atoms with E-state index >= 15 is 0 Å². The molecule has 0 radical (unpaired) electrons. The molecule has 2 aliphatic rings. The van der Waals surface area contributed by atoms with E-state index in [1.807, 2.05) is 0 Å². The minimum Gasteiger partial charge on any atom is -0.348 e. The molecule has 0 bridgehead atoms. The zero-order valence-corrected chi connectivity index (χ0v) is 17.2. The molecule has 0 spiro atoms. The Balaban J connectivity index is 0.00000261. The van der Waals surface area contributed by atoms with Gasteiger partial charge in [0.05, 0.1) is 4.90 Å². The van der Waals surface area contributed by atoms with Crippen molar-refractivity contribution < 1.29 is 13.2 Å². The van der Waals surface area contributed by atoms with Gasteiger partial charge in [0, 0.05) is 31.7 Å². The van der Waals surface area contributed by atoms with E-state index in [1.165, 1.54) is 17.7 Å². The molecule has 1 fully saturated rings. The van der Waals surface area contributed by atoms with Gasteiger partial charge in [0.15, 0.2) is 0 Å². The van der Waals surface area contributed by atoms with Gasteiger partial charge in [-0.05, 0) is 56.0 Å². The van der Waals surface area contributed by atoms with Crippen LogP contribution >= 0.6 is 12.4 Å². The predicted octanol–water partition coefficient (Wildman–Crippen LogP) is 2.18. The molecule has 1 saturated heterocycles. The molecule has 2 N–H and O–H groups in total. The van der Waals surface area contributed by atoms with E-state index in [4.69, 9.17) is 0 Å². The average Bonchev–Trinajstić information content (AvgIpc) is 2.67. The van der Waals surface area contributed by atoms with Crippen LogP contribution in [0.1, 0.15) is 36.5 Å². The van der Waals surface area contributed by atoms with Gasteiger partial charge in [-0.1, -0.05) is 18.6 Å². The van der Waals surface area contributed by atoms with E-state index in [0.717, 1.165) is 32.4 Å². The number of carbonyl (C=O) groups is 1. The maximum atomic E-state index is 12.7. The number of rotatable bonds is 5. The Hall–Kier alpha value is -1.41. The summed E-state index contributed by atoms with van der Waals surface area (Å²) in [4.78, 5) is 12.5. The number of sulfonamides is 1. The number of benzene rings is 1. The highest BCUT2D eigenvalue weighted by molar-refractivity contribution is 7.89. The summed E-state index contributed by atoms with van der Waals surface area (Å²) < 4.78 is 27.0. The van der Waals surface area contributed by atoms with E-state index < -0.39 is 10.0 Å². The minimum absolute atomic E-state index is 0. The highest BCUT2D eigenvalue weighted by Gasteiger charge is 2.28. The summed E-state index contributed by atoms with van der Waals surface area (Å²) in [6.45, 7) is 5.59. The first-order valence-electron chi connectivity index (χ1n) is 9.24. The molecule has 1 aromatic carbocycles. The summed E-state index contributed by atoms with van der Waals surface area (Å²) in [7, 11) is -3.47. The lowest BCUT2D eigenvalue weighted by molar-refractivity contribution is 0.0956. The number of nitrogens with one attached hydrogen (secondary N) is 2. The lowest BCUT2D eigenvalue weighted by Gasteiger charge is -2.29. The van der Waals surface area contributed by atoms with Crippen LogP contribution in [0, 0.1) is 5.92 Å².